The molecule has 5 nitrogen and oxygen atoms in total. The van der Waals surface area contributed by atoms with E-state index in [4.69, 9.17) is 4.74 Å². The van der Waals surface area contributed by atoms with Gasteiger partial charge in [0.25, 0.3) is 5.91 Å². The lowest BCUT2D eigenvalue weighted by Gasteiger charge is -2.60. The van der Waals surface area contributed by atoms with Gasteiger partial charge < -0.3 is 20.1 Å². The van der Waals surface area contributed by atoms with Gasteiger partial charge in [-0.2, -0.15) is 0 Å². The second-order valence-corrected chi connectivity index (χ2v) is 11.9. The molecule has 4 aliphatic carbocycles. The predicted octanol–water partition coefficient (Wildman–Crippen LogP) is 1.79. The van der Waals surface area contributed by atoms with E-state index in [1.165, 1.54) is 43.4 Å². The highest BCUT2D eigenvalue weighted by atomic mass is 16.5. The molecule has 1 saturated heterocycles. The number of carbonyl (C=O) groups excluding carboxylic acids is 1. The van der Waals surface area contributed by atoms with Crippen molar-refractivity contribution in [1.82, 2.24) is 5.32 Å². The molecule has 0 aromatic carbocycles. The van der Waals surface area contributed by atoms with Gasteiger partial charge in [-0.1, -0.05) is 13.8 Å². The second-order valence-electron chi connectivity index (χ2n) is 11.9. The Morgan fingerprint density at radius 3 is 2.53 bits per heavy atom. The molecule has 0 spiro atoms. The molecule has 0 bridgehead atoms. The monoisotopic (exact) mass is 419 g/mol. The zero-order valence-corrected chi connectivity index (χ0v) is 19.1. The molecule has 5 aliphatic rings. The summed E-state index contributed by atoms with van der Waals surface area (Å²) < 4.78 is 5.44. The molecule has 1 aliphatic heterocycles. The lowest BCUT2D eigenvalue weighted by atomic mass is 9.45. The van der Waals surface area contributed by atoms with Gasteiger partial charge in [0.2, 0.25) is 0 Å². The normalized spacial score (nSPS) is 49.0. The van der Waals surface area contributed by atoms with Crippen LogP contribution in [0.5, 0.6) is 0 Å². The van der Waals surface area contributed by atoms with Crippen molar-refractivity contribution in [3.63, 3.8) is 0 Å². The first-order valence-corrected chi connectivity index (χ1v) is 12.8. The Kier molecular flexibility index (Phi) is 5.69. The zero-order chi connectivity index (χ0) is 20.9. The quantitative estimate of drug-likeness (QED) is 0.654. The number of aliphatic hydroxyl groups is 1. The number of carbonyl (C=O) groups is 1. The molecule has 0 radical (unpaired) electrons. The summed E-state index contributed by atoms with van der Waals surface area (Å²) in [5.74, 6) is 3.39. The summed E-state index contributed by atoms with van der Waals surface area (Å²) in [4.78, 5) is 14.2. The summed E-state index contributed by atoms with van der Waals surface area (Å²) in [6.07, 6.45) is 10.9. The Balaban J connectivity index is 1.25. The van der Waals surface area contributed by atoms with Crippen LogP contribution in [0.15, 0.2) is 0 Å². The van der Waals surface area contributed by atoms with Gasteiger partial charge in [0.05, 0.1) is 19.3 Å². The number of aliphatic hydroxyl groups excluding tert-OH is 1. The van der Waals surface area contributed by atoms with Crippen LogP contribution in [-0.4, -0.2) is 56.0 Å². The van der Waals surface area contributed by atoms with E-state index in [-0.39, 0.29) is 17.4 Å². The number of rotatable bonds is 3. The lowest BCUT2D eigenvalue weighted by Crippen LogP contribution is -3.15. The van der Waals surface area contributed by atoms with E-state index in [0.717, 1.165) is 69.2 Å². The van der Waals surface area contributed by atoms with Gasteiger partial charge in [-0.25, -0.2) is 0 Å². The molecule has 0 aromatic heterocycles. The molecule has 0 unspecified atom stereocenters. The number of amides is 1. The fourth-order valence-corrected chi connectivity index (χ4v) is 8.78. The SMILES string of the molecule is C[C@]12CC[C@H]3[C@H](CC[C@H]4C[C@@H](O)CC[C@@]43C)[C@H]1CC[C@H]2NC(=O)C[NH+]1CCOCC1. The molecular weight excluding hydrogens is 376 g/mol. The molecule has 5 rings (SSSR count). The summed E-state index contributed by atoms with van der Waals surface area (Å²) in [5, 5.41) is 13.7. The predicted molar refractivity (Wildman–Crippen MR) is 116 cm³/mol. The first-order valence-electron chi connectivity index (χ1n) is 12.8. The van der Waals surface area contributed by atoms with Crippen LogP contribution >= 0.6 is 0 Å². The first-order chi connectivity index (χ1) is 14.4. The molecule has 1 heterocycles. The molecule has 30 heavy (non-hydrogen) atoms. The largest absolute Gasteiger partial charge is 0.393 e. The van der Waals surface area contributed by atoms with Gasteiger partial charge in [0, 0.05) is 6.04 Å². The van der Waals surface area contributed by atoms with Crippen LogP contribution in [-0.2, 0) is 9.53 Å². The highest BCUT2D eigenvalue weighted by Crippen LogP contribution is 2.66. The Bertz CT molecular complexity index is 650. The molecule has 3 N–H and O–H groups in total. The number of hydrogen-bond donors (Lipinski definition) is 3. The summed E-state index contributed by atoms with van der Waals surface area (Å²) in [5.41, 5.74) is 0.707. The number of nitrogens with one attached hydrogen (secondary N) is 2. The molecule has 5 heteroatoms. The number of hydrogen-bond acceptors (Lipinski definition) is 3. The van der Waals surface area contributed by atoms with E-state index in [9.17, 15) is 9.90 Å². The maximum Gasteiger partial charge on any atom is 0.275 e. The van der Waals surface area contributed by atoms with E-state index >= 15 is 0 Å². The third-order valence-corrected chi connectivity index (χ3v) is 10.6. The molecule has 4 saturated carbocycles. The van der Waals surface area contributed by atoms with Crippen LogP contribution in [0, 0.1) is 34.5 Å². The lowest BCUT2D eigenvalue weighted by molar-refractivity contribution is -0.900. The molecular formula is C25H43N2O3+. The number of ether oxygens (including phenoxy) is 1. The van der Waals surface area contributed by atoms with Crippen molar-refractivity contribution in [2.24, 2.45) is 34.5 Å². The summed E-state index contributed by atoms with van der Waals surface area (Å²) in [6.45, 7) is 9.13. The van der Waals surface area contributed by atoms with Crippen molar-refractivity contribution >= 4 is 5.91 Å². The minimum Gasteiger partial charge on any atom is -0.393 e. The molecule has 0 aromatic rings. The highest BCUT2D eigenvalue weighted by Gasteiger charge is 2.60. The first kappa shape index (κ1) is 21.2. The standard InChI is InChI=1S/C25H42N2O3/c1-24-9-7-18(28)15-17(24)3-4-19-20-5-6-22(25(20,2)10-8-21(19)24)26-23(29)16-27-11-13-30-14-12-27/h17-22,28H,3-16H2,1-2H3,(H,26,29)/p+1/t17-,18-,19+,20+,21-,22+,24-,25-/m0/s1. The number of fused-ring (bicyclic) bond motifs is 5. The number of morpholine rings is 1. The van der Waals surface area contributed by atoms with Gasteiger partial charge in [0.15, 0.2) is 6.54 Å². The molecule has 8 atom stereocenters. The summed E-state index contributed by atoms with van der Waals surface area (Å²) in [7, 11) is 0. The van der Waals surface area contributed by atoms with E-state index in [0.29, 0.717) is 18.0 Å². The van der Waals surface area contributed by atoms with E-state index in [1.54, 1.807) is 0 Å². The smallest absolute Gasteiger partial charge is 0.275 e. The van der Waals surface area contributed by atoms with Crippen LogP contribution in [0.4, 0.5) is 0 Å². The van der Waals surface area contributed by atoms with Crippen molar-refractivity contribution in [3.8, 4) is 0 Å². The maximum absolute atomic E-state index is 12.8. The topological polar surface area (TPSA) is 63.0 Å². The Morgan fingerprint density at radius 2 is 1.73 bits per heavy atom. The molecule has 1 amide bonds. The van der Waals surface area contributed by atoms with Gasteiger partial charge in [-0.15, -0.1) is 0 Å². The van der Waals surface area contributed by atoms with Gasteiger partial charge in [-0.05, 0) is 92.3 Å². The fraction of sp³-hybridized carbons (Fsp3) is 0.960. The van der Waals surface area contributed by atoms with Crippen molar-refractivity contribution in [3.05, 3.63) is 0 Å². The maximum atomic E-state index is 12.8. The van der Waals surface area contributed by atoms with E-state index < -0.39 is 0 Å². The average molecular weight is 420 g/mol. The van der Waals surface area contributed by atoms with Gasteiger partial charge >= 0.3 is 0 Å². The third kappa shape index (κ3) is 3.53. The van der Waals surface area contributed by atoms with Gasteiger partial charge in [0.1, 0.15) is 13.1 Å². The van der Waals surface area contributed by atoms with Crippen molar-refractivity contribution < 1.29 is 19.5 Å². The molecule has 170 valence electrons. The average Bonchev–Trinajstić information content (AvgIpc) is 3.05. The Hall–Kier alpha value is -0.650. The minimum atomic E-state index is -0.0619. The van der Waals surface area contributed by atoms with Crippen LogP contribution in [0.3, 0.4) is 0 Å². The Labute approximate surface area is 182 Å². The van der Waals surface area contributed by atoms with Crippen LogP contribution in [0.2, 0.25) is 0 Å². The second kappa shape index (κ2) is 8.04. The van der Waals surface area contributed by atoms with Crippen molar-refractivity contribution in [2.45, 2.75) is 83.8 Å². The number of quaternary nitrogens is 1. The van der Waals surface area contributed by atoms with Crippen LogP contribution < -0.4 is 10.2 Å². The molecule has 5 fully saturated rings. The van der Waals surface area contributed by atoms with Crippen molar-refractivity contribution in [1.29, 1.82) is 0 Å². The van der Waals surface area contributed by atoms with Gasteiger partial charge in [-0.3, -0.25) is 4.79 Å². The van der Waals surface area contributed by atoms with E-state index in [2.05, 4.69) is 19.2 Å². The minimum absolute atomic E-state index is 0.0619. The fourth-order valence-electron chi connectivity index (χ4n) is 8.78. The highest BCUT2D eigenvalue weighted by molar-refractivity contribution is 5.77. The van der Waals surface area contributed by atoms with Crippen molar-refractivity contribution in [2.75, 3.05) is 32.8 Å². The summed E-state index contributed by atoms with van der Waals surface area (Å²) >= 11 is 0. The zero-order valence-electron chi connectivity index (χ0n) is 19.1. The Morgan fingerprint density at radius 1 is 1.00 bits per heavy atom. The third-order valence-electron chi connectivity index (χ3n) is 10.6. The summed E-state index contributed by atoms with van der Waals surface area (Å²) in [6, 6.07) is 0.357. The van der Waals surface area contributed by atoms with Crippen LogP contribution in [0.1, 0.15) is 71.6 Å². The van der Waals surface area contributed by atoms with E-state index in [1.807, 2.05) is 0 Å². The van der Waals surface area contributed by atoms with Crippen LogP contribution in [0.25, 0.3) is 0 Å².